The largest absolute Gasteiger partial charge is 0.493 e. The average Bonchev–Trinajstić information content (AvgIpc) is 2.62. The van der Waals surface area contributed by atoms with Gasteiger partial charge >= 0.3 is 0 Å². The first-order valence-electron chi connectivity index (χ1n) is 7.21. The maximum atomic E-state index is 5.91. The lowest BCUT2D eigenvalue weighted by Gasteiger charge is -2.20. The van der Waals surface area contributed by atoms with Crippen LogP contribution in [0.5, 0.6) is 5.75 Å². The molecular formula is C16H25NOS. The zero-order valence-corrected chi connectivity index (χ0v) is 13.1. The van der Waals surface area contributed by atoms with Crippen molar-refractivity contribution in [3.63, 3.8) is 0 Å². The average molecular weight is 279 g/mol. The number of fused-ring (bicyclic) bond motifs is 1. The van der Waals surface area contributed by atoms with Gasteiger partial charge in [0.25, 0.3) is 0 Å². The first-order chi connectivity index (χ1) is 9.22. The van der Waals surface area contributed by atoms with Gasteiger partial charge in [-0.3, -0.25) is 0 Å². The lowest BCUT2D eigenvalue weighted by molar-refractivity contribution is 0.313. The first-order valence-corrected chi connectivity index (χ1v) is 8.49. The molecule has 1 aliphatic rings. The van der Waals surface area contributed by atoms with E-state index in [4.69, 9.17) is 4.74 Å². The standard InChI is InChI=1S/C16H25NOS/c1-12-6-4-7-14-15(8-5-11-18-16(12)14)17-10-9-13(2)19-3/h4,6-7,13,15,17H,5,8-11H2,1-3H3. The zero-order chi connectivity index (χ0) is 13.7. The molecule has 2 unspecified atom stereocenters. The van der Waals surface area contributed by atoms with E-state index in [-0.39, 0.29) is 0 Å². The fourth-order valence-corrected chi connectivity index (χ4v) is 2.91. The van der Waals surface area contributed by atoms with Crippen LogP contribution in [0.4, 0.5) is 0 Å². The summed E-state index contributed by atoms with van der Waals surface area (Å²) in [7, 11) is 0. The van der Waals surface area contributed by atoms with Crippen molar-refractivity contribution in [2.75, 3.05) is 19.4 Å². The van der Waals surface area contributed by atoms with Gasteiger partial charge in [0, 0.05) is 16.9 Å². The first kappa shape index (κ1) is 14.7. The summed E-state index contributed by atoms with van der Waals surface area (Å²) in [6, 6.07) is 6.94. The highest BCUT2D eigenvalue weighted by Crippen LogP contribution is 2.33. The van der Waals surface area contributed by atoms with Crippen molar-refractivity contribution in [3.8, 4) is 5.75 Å². The Labute approximate surface area is 121 Å². The number of ether oxygens (including phenoxy) is 1. The van der Waals surface area contributed by atoms with Crippen LogP contribution in [0, 0.1) is 6.92 Å². The molecule has 0 aromatic heterocycles. The van der Waals surface area contributed by atoms with Crippen molar-refractivity contribution in [2.24, 2.45) is 0 Å². The lowest BCUT2D eigenvalue weighted by atomic mass is 9.99. The summed E-state index contributed by atoms with van der Waals surface area (Å²) in [4.78, 5) is 0. The Balaban J connectivity index is 2.03. The summed E-state index contributed by atoms with van der Waals surface area (Å²) < 4.78 is 5.91. The van der Waals surface area contributed by atoms with E-state index in [1.807, 2.05) is 11.8 Å². The number of thioether (sulfide) groups is 1. The fourth-order valence-electron chi connectivity index (χ4n) is 2.55. The highest BCUT2D eigenvalue weighted by molar-refractivity contribution is 7.99. The molecule has 0 bridgehead atoms. The van der Waals surface area contributed by atoms with Crippen LogP contribution in [0.25, 0.3) is 0 Å². The molecule has 0 saturated heterocycles. The van der Waals surface area contributed by atoms with Crippen LogP contribution in [0.3, 0.4) is 0 Å². The highest BCUT2D eigenvalue weighted by atomic mass is 32.2. The molecule has 1 N–H and O–H groups in total. The second kappa shape index (κ2) is 7.20. The van der Waals surface area contributed by atoms with Gasteiger partial charge in [-0.05, 0) is 44.6 Å². The van der Waals surface area contributed by atoms with Crippen LogP contribution < -0.4 is 10.1 Å². The van der Waals surface area contributed by atoms with Gasteiger partial charge in [-0.25, -0.2) is 0 Å². The monoisotopic (exact) mass is 279 g/mol. The Morgan fingerprint density at radius 3 is 3.11 bits per heavy atom. The van der Waals surface area contributed by atoms with E-state index in [1.54, 1.807) is 0 Å². The molecule has 1 aromatic rings. The molecule has 0 aliphatic carbocycles. The predicted molar refractivity (Wildman–Crippen MR) is 84.2 cm³/mol. The van der Waals surface area contributed by atoms with Gasteiger partial charge in [0.1, 0.15) is 5.75 Å². The highest BCUT2D eigenvalue weighted by Gasteiger charge is 2.20. The summed E-state index contributed by atoms with van der Waals surface area (Å²) in [5, 5.41) is 4.45. The van der Waals surface area contributed by atoms with Crippen molar-refractivity contribution in [1.82, 2.24) is 5.32 Å². The topological polar surface area (TPSA) is 21.3 Å². The SMILES string of the molecule is CSC(C)CCNC1CCCOc2c(C)cccc21. The number of aryl methyl sites for hydroxylation is 1. The van der Waals surface area contributed by atoms with Crippen LogP contribution in [-0.2, 0) is 0 Å². The molecule has 0 saturated carbocycles. The summed E-state index contributed by atoms with van der Waals surface area (Å²) >= 11 is 1.94. The van der Waals surface area contributed by atoms with Gasteiger partial charge in [-0.2, -0.15) is 11.8 Å². The Morgan fingerprint density at radius 1 is 1.47 bits per heavy atom. The number of hydrogen-bond donors (Lipinski definition) is 1. The van der Waals surface area contributed by atoms with Gasteiger partial charge in [0.2, 0.25) is 0 Å². The molecule has 0 spiro atoms. The van der Waals surface area contributed by atoms with Crippen LogP contribution in [0.15, 0.2) is 18.2 Å². The Bertz CT molecular complexity index is 408. The van der Waals surface area contributed by atoms with Crippen LogP contribution >= 0.6 is 11.8 Å². The Hall–Kier alpha value is -0.670. The predicted octanol–water partition coefficient (Wildman–Crippen LogP) is 3.94. The van der Waals surface area contributed by atoms with Gasteiger partial charge in [-0.1, -0.05) is 25.1 Å². The third kappa shape index (κ3) is 3.90. The minimum absolute atomic E-state index is 0.450. The molecule has 2 atom stereocenters. The van der Waals surface area contributed by atoms with Crippen LogP contribution in [0.2, 0.25) is 0 Å². The molecule has 0 fully saturated rings. The minimum Gasteiger partial charge on any atom is -0.493 e. The van der Waals surface area contributed by atoms with Crippen molar-refractivity contribution in [2.45, 2.75) is 44.4 Å². The molecular weight excluding hydrogens is 254 g/mol. The maximum absolute atomic E-state index is 5.91. The summed E-state index contributed by atoms with van der Waals surface area (Å²) in [5.74, 6) is 1.11. The molecule has 106 valence electrons. The third-order valence-corrected chi connectivity index (χ3v) is 4.89. The van der Waals surface area contributed by atoms with Gasteiger partial charge in [0.15, 0.2) is 0 Å². The molecule has 2 nitrogen and oxygen atoms in total. The summed E-state index contributed by atoms with van der Waals surface area (Å²) in [6.07, 6.45) is 5.70. The number of rotatable bonds is 5. The molecule has 19 heavy (non-hydrogen) atoms. The lowest BCUT2D eigenvalue weighted by Crippen LogP contribution is -2.24. The normalized spacial score (nSPS) is 20.3. The van der Waals surface area contributed by atoms with Crippen LogP contribution in [0.1, 0.15) is 43.4 Å². The molecule has 1 heterocycles. The zero-order valence-electron chi connectivity index (χ0n) is 12.2. The number of nitrogens with one attached hydrogen (secondary N) is 1. The van der Waals surface area contributed by atoms with E-state index in [1.165, 1.54) is 24.0 Å². The Morgan fingerprint density at radius 2 is 2.32 bits per heavy atom. The fraction of sp³-hybridized carbons (Fsp3) is 0.625. The quantitative estimate of drug-likeness (QED) is 0.882. The van der Waals surface area contributed by atoms with Crippen LogP contribution in [-0.4, -0.2) is 24.7 Å². The molecule has 3 heteroatoms. The number of benzene rings is 1. The third-order valence-electron chi connectivity index (χ3n) is 3.85. The second-order valence-corrected chi connectivity index (χ2v) is 6.60. The molecule has 0 amide bonds. The van der Waals surface area contributed by atoms with E-state index >= 15 is 0 Å². The Kier molecular flexibility index (Phi) is 5.59. The molecule has 2 rings (SSSR count). The van der Waals surface area contributed by atoms with E-state index in [9.17, 15) is 0 Å². The van der Waals surface area contributed by atoms with E-state index in [2.05, 4.69) is 43.6 Å². The molecule has 1 aliphatic heterocycles. The van der Waals surface area contributed by atoms with Gasteiger partial charge in [0.05, 0.1) is 6.61 Å². The van der Waals surface area contributed by atoms with Crippen molar-refractivity contribution in [1.29, 1.82) is 0 Å². The van der Waals surface area contributed by atoms with E-state index in [0.717, 1.165) is 30.6 Å². The van der Waals surface area contributed by atoms with E-state index < -0.39 is 0 Å². The van der Waals surface area contributed by atoms with Crippen molar-refractivity contribution in [3.05, 3.63) is 29.3 Å². The summed E-state index contributed by atoms with van der Waals surface area (Å²) in [5.41, 5.74) is 2.60. The molecule has 1 aromatic carbocycles. The molecule has 0 radical (unpaired) electrons. The van der Waals surface area contributed by atoms with Crippen molar-refractivity contribution >= 4 is 11.8 Å². The number of hydrogen-bond acceptors (Lipinski definition) is 3. The maximum Gasteiger partial charge on any atom is 0.126 e. The van der Waals surface area contributed by atoms with E-state index in [0.29, 0.717) is 6.04 Å². The summed E-state index contributed by atoms with van der Waals surface area (Å²) in [6.45, 7) is 6.36. The minimum atomic E-state index is 0.450. The number of para-hydroxylation sites is 1. The van der Waals surface area contributed by atoms with Gasteiger partial charge in [-0.15, -0.1) is 0 Å². The van der Waals surface area contributed by atoms with Crippen molar-refractivity contribution < 1.29 is 4.74 Å². The smallest absolute Gasteiger partial charge is 0.126 e. The van der Waals surface area contributed by atoms with Gasteiger partial charge < -0.3 is 10.1 Å². The second-order valence-electron chi connectivity index (χ2n) is 5.33.